The van der Waals surface area contributed by atoms with Crippen molar-refractivity contribution in [2.24, 2.45) is 5.41 Å². The average molecular weight is 210 g/mol. The van der Waals surface area contributed by atoms with E-state index in [2.05, 4.69) is 37.3 Å². The van der Waals surface area contributed by atoms with Gasteiger partial charge in [0.25, 0.3) is 0 Å². The topological polar surface area (TPSA) is 41.1 Å². The minimum absolute atomic E-state index is 0.0418. The van der Waals surface area contributed by atoms with Gasteiger partial charge in [0.05, 0.1) is 12.6 Å². The molecule has 0 radical (unpaired) electrons. The highest BCUT2D eigenvalue weighted by molar-refractivity contribution is 5.81. The number of hydrogen-bond donors (Lipinski definition) is 2. The number of carbonyl (C=O) groups excluding carboxylic acids is 1. The zero-order valence-electron chi connectivity index (χ0n) is 10.2. The molecule has 1 amide bonds. The van der Waals surface area contributed by atoms with Crippen molar-refractivity contribution >= 4 is 5.91 Å². The molecule has 0 spiro atoms. The third-order valence-corrected chi connectivity index (χ3v) is 2.60. The van der Waals surface area contributed by atoms with Crippen LogP contribution in [0.15, 0.2) is 0 Å². The smallest absolute Gasteiger partial charge is 0.237 e. The lowest BCUT2D eigenvalue weighted by molar-refractivity contribution is -0.122. The minimum atomic E-state index is -0.191. The molecule has 3 nitrogen and oxygen atoms in total. The minimum Gasteiger partial charge on any atom is -0.344 e. The van der Waals surface area contributed by atoms with E-state index >= 15 is 0 Å². The van der Waals surface area contributed by atoms with Gasteiger partial charge < -0.3 is 10.6 Å². The van der Waals surface area contributed by atoms with Gasteiger partial charge in [0.1, 0.15) is 0 Å². The Morgan fingerprint density at radius 2 is 2.13 bits per heavy atom. The van der Waals surface area contributed by atoms with Crippen molar-refractivity contribution < 1.29 is 4.79 Å². The molecule has 0 aliphatic carbocycles. The molecule has 0 saturated carbocycles. The molecule has 0 fully saturated rings. The second-order valence-electron chi connectivity index (χ2n) is 4.54. The van der Waals surface area contributed by atoms with Crippen molar-refractivity contribution in [2.75, 3.05) is 13.1 Å². The largest absolute Gasteiger partial charge is 0.344 e. The lowest BCUT2D eigenvalue weighted by atomic mass is 9.90. The van der Waals surface area contributed by atoms with Crippen LogP contribution >= 0.6 is 0 Å². The zero-order chi connectivity index (χ0) is 11.9. The molecule has 0 rings (SSSR count). The first-order chi connectivity index (χ1) is 6.93. The van der Waals surface area contributed by atoms with Gasteiger partial charge in [-0.15, -0.1) is 6.42 Å². The van der Waals surface area contributed by atoms with Crippen LogP contribution in [0.5, 0.6) is 0 Å². The molecule has 0 bridgehead atoms. The van der Waals surface area contributed by atoms with Crippen LogP contribution < -0.4 is 10.6 Å². The predicted octanol–water partition coefficient (Wildman–Crippen LogP) is 1.15. The second-order valence-corrected chi connectivity index (χ2v) is 4.54. The van der Waals surface area contributed by atoms with E-state index in [4.69, 9.17) is 6.42 Å². The third kappa shape index (κ3) is 6.14. The van der Waals surface area contributed by atoms with Crippen LogP contribution in [0.4, 0.5) is 0 Å². The van der Waals surface area contributed by atoms with Crippen molar-refractivity contribution in [1.82, 2.24) is 10.6 Å². The highest BCUT2D eigenvalue weighted by Crippen LogP contribution is 2.17. The maximum absolute atomic E-state index is 11.4. The molecule has 86 valence electrons. The molecule has 0 aliphatic heterocycles. The zero-order valence-corrected chi connectivity index (χ0v) is 10.2. The summed E-state index contributed by atoms with van der Waals surface area (Å²) in [6.07, 6.45) is 6.14. The number of hydrogen-bond acceptors (Lipinski definition) is 2. The van der Waals surface area contributed by atoms with Gasteiger partial charge in [-0.25, -0.2) is 0 Å². The fourth-order valence-electron chi connectivity index (χ4n) is 0.938. The van der Waals surface area contributed by atoms with E-state index in [1.54, 1.807) is 0 Å². The number of rotatable bonds is 6. The first-order valence-corrected chi connectivity index (χ1v) is 5.37. The summed E-state index contributed by atoms with van der Waals surface area (Å²) >= 11 is 0. The summed E-state index contributed by atoms with van der Waals surface area (Å²) in [5, 5.41) is 5.85. The molecular weight excluding hydrogens is 188 g/mol. The Balaban J connectivity index is 3.88. The second kappa shape index (κ2) is 6.47. The fourth-order valence-corrected chi connectivity index (χ4v) is 0.938. The third-order valence-electron chi connectivity index (χ3n) is 2.60. The van der Waals surface area contributed by atoms with Crippen LogP contribution in [-0.4, -0.2) is 25.0 Å². The lowest BCUT2D eigenvalue weighted by Gasteiger charge is -2.25. The van der Waals surface area contributed by atoms with Crippen molar-refractivity contribution in [3.8, 4) is 12.3 Å². The van der Waals surface area contributed by atoms with Crippen molar-refractivity contribution in [1.29, 1.82) is 0 Å². The molecule has 1 unspecified atom stereocenters. The van der Waals surface area contributed by atoms with Crippen molar-refractivity contribution in [2.45, 2.75) is 40.2 Å². The maximum atomic E-state index is 11.4. The lowest BCUT2D eigenvalue weighted by Crippen LogP contribution is -2.45. The van der Waals surface area contributed by atoms with Gasteiger partial charge in [0, 0.05) is 6.54 Å². The van der Waals surface area contributed by atoms with E-state index in [0.29, 0.717) is 6.54 Å². The van der Waals surface area contributed by atoms with Crippen LogP contribution in [0.1, 0.15) is 34.1 Å². The summed E-state index contributed by atoms with van der Waals surface area (Å²) in [6, 6.07) is -0.191. The molecule has 0 heterocycles. The Morgan fingerprint density at radius 3 is 2.60 bits per heavy atom. The Hall–Kier alpha value is -1.01. The van der Waals surface area contributed by atoms with Gasteiger partial charge in [-0.3, -0.25) is 4.79 Å². The summed E-state index contributed by atoms with van der Waals surface area (Å²) in [5.41, 5.74) is 0.223. The van der Waals surface area contributed by atoms with Gasteiger partial charge in [-0.2, -0.15) is 0 Å². The van der Waals surface area contributed by atoms with Gasteiger partial charge in [-0.1, -0.05) is 26.7 Å². The van der Waals surface area contributed by atoms with Crippen LogP contribution in [0.25, 0.3) is 0 Å². The number of nitrogens with one attached hydrogen (secondary N) is 2. The summed E-state index contributed by atoms with van der Waals surface area (Å²) in [4.78, 5) is 11.4. The van der Waals surface area contributed by atoms with E-state index in [0.717, 1.165) is 13.0 Å². The first-order valence-electron chi connectivity index (χ1n) is 5.37. The molecule has 0 aliphatic rings. The molecule has 15 heavy (non-hydrogen) atoms. The fraction of sp³-hybridized carbons (Fsp3) is 0.750. The van der Waals surface area contributed by atoms with Crippen molar-refractivity contribution in [3.05, 3.63) is 0 Å². The van der Waals surface area contributed by atoms with Crippen LogP contribution in [0.2, 0.25) is 0 Å². The molecule has 0 saturated heterocycles. The highest BCUT2D eigenvalue weighted by atomic mass is 16.2. The number of carbonyl (C=O) groups is 1. The number of amides is 1. The van der Waals surface area contributed by atoms with Gasteiger partial charge in [0.15, 0.2) is 0 Å². The van der Waals surface area contributed by atoms with Crippen LogP contribution in [0, 0.1) is 17.8 Å². The van der Waals surface area contributed by atoms with Gasteiger partial charge >= 0.3 is 0 Å². The molecular formula is C12H22N2O. The Bertz CT molecular complexity index is 240. The average Bonchev–Trinajstić information content (AvgIpc) is 2.22. The normalized spacial score (nSPS) is 13.0. The number of terminal acetylenes is 1. The Morgan fingerprint density at radius 1 is 1.53 bits per heavy atom. The van der Waals surface area contributed by atoms with Crippen molar-refractivity contribution in [3.63, 3.8) is 0 Å². The Kier molecular flexibility index (Phi) is 6.03. The Labute approximate surface area is 93.0 Å². The van der Waals surface area contributed by atoms with E-state index in [1.807, 2.05) is 6.92 Å². The summed E-state index contributed by atoms with van der Waals surface area (Å²) < 4.78 is 0. The van der Waals surface area contributed by atoms with E-state index < -0.39 is 0 Å². The van der Waals surface area contributed by atoms with Crippen LogP contribution in [-0.2, 0) is 4.79 Å². The molecule has 0 aromatic rings. The highest BCUT2D eigenvalue weighted by Gasteiger charge is 2.18. The SMILES string of the molecule is C#CCNC(=O)C(C)NCC(C)(C)CC. The van der Waals surface area contributed by atoms with Crippen LogP contribution in [0.3, 0.4) is 0 Å². The quantitative estimate of drug-likeness (QED) is 0.646. The van der Waals surface area contributed by atoms with E-state index in [9.17, 15) is 4.79 Å². The maximum Gasteiger partial charge on any atom is 0.237 e. The molecule has 3 heteroatoms. The molecule has 0 aromatic heterocycles. The molecule has 0 aromatic carbocycles. The summed E-state index contributed by atoms with van der Waals surface area (Å²) in [5.74, 6) is 2.34. The monoisotopic (exact) mass is 210 g/mol. The molecule has 1 atom stereocenters. The summed E-state index contributed by atoms with van der Waals surface area (Å²) in [7, 11) is 0. The standard InChI is InChI=1S/C12H22N2O/c1-6-8-13-11(15)10(3)14-9-12(4,5)7-2/h1,10,14H,7-9H2,2-5H3,(H,13,15). The van der Waals surface area contributed by atoms with E-state index in [1.165, 1.54) is 0 Å². The van der Waals surface area contributed by atoms with Gasteiger partial charge in [0.2, 0.25) is 5.91 Å². The van der Waals surface area contributed by atoms with Gasteiger partial charge in [-0.05, 0) is 18.8 Å². The predicted molar refractivity (Wildman–Crippen MR) is 63.4 cm³/mol. The molecule has 2 N–H and O–H groups in total. The summed E-state index contributed by atoms with van der Waals surface area (Å²) in [6.45, 7) is 9.46. The van der Waals surface area contributed by atoms with E-state index in [-0.39, 0.29) is 17.4 Å². The first kappa shape index (κ1) is 14.0.